The van der Waals surface area contributed by atoms with Gasteiger partial charge in [0.2, 0.25) is 0 Å². The van der Waals surface area contributed by atoms with Crippen LogP contribution in [0.4, 0.5) is 23.8 Å². The molecule has 128 valence electrons. The van der Waals surface area contributed by atoms with Crippen molar-refractivity contribution >= 4 is 17.8 Å². The molecule has 0 spiro atoms. The molecule has 1 aromatic rings. The molecular weight excluding hydrogens is 323 g/mol. The highest BCUT2D eigenvalue weighted by atomic mass is 19.4. The third-order valence-corrected chi connectivity index (χ3v) is 4.40. The number of hydrogen-bond acceptors (Lipinski definition) is 3. The first-order chi connectivity index (χ1) is 11.1. The lowest BCUT2D eigenvalue weighted by Crippen LogP contribution is -2.39. The Morgan fingerprint density at radius 2 is 1.96 bits per heavy atom. The number of aryl methyl sites for hydroxylation is 2. The van der Waals surface area contributed by atoms with Crippen LogP contribution in [0.2, 0.25) is 0 Å². The van der Waals surface area contributed by atoms with E-state index < -0.39 is 29.7 Å². The number of rotatable bonds is 1. The van der Waals surface area contributed by atoms with Crippen LogP contribution < -0.4 is 4.90 Å². The number of aromatic nitrogens is 1. The zero-order valence-corrected chi connectivity index (χ0v) is 13.3. The van der Waals surface area contributed by atoms with Crippen LogP contribution in [0.3, 0.4) is 0 Å². The number of fused-ring (bicyclic) bond motifs is 1. The van der Waals surface area contributed by atoms with Gasteiger partial charge in [-0.2, -0.15) is 13.2 Å². The summed E-state index contributed by atoms with van der Waals surface area (Å²) in [6.45, 7) is 6.86. The highest BCUT2D eigenvalue weighted by Gasteiger charge is 2.48. The van der Waals surface area contributed by atoms with Crippen LogP contribution in [-0.2, 0) is 11.0 Å². The number of anilines is 1. The van der Waals surface area contributed by atoms with Crippen molar-refractivity contribution in [2.24, 2.45) is 0 Å². The Morgan fingerprint density at radius 3 is 2.58 bits per heavy atom. The fourth-order valence-corrected chi connectivity index (χ4v) is 3.14. The average molecular weight is 339 g/mol. The summed E-state index contributed by atoms with van der Waals surface area (Å²) in [6, 6.07) is -0.246. The van der Waals surface area contributed by atoms with Crippen LogP contribution in [0.25, 0.3) is 0 Å². The van der Waals surface area contributed by atoms with Crippen molar-refractivity contribution in [1.29, 1.82) is 0 Å². The Kier molecular flexibility index (Phi) is 3.65. The fourth-order valence-electron chi connectivity index (χ4n) is 3.14. The van der Waals surface area contributed by atoms with E-state index in [1.807, 2.05) is 0 Å². The van der Waals surface area contributed by atoms with E-state index >= 15 is 0 Å². The summed E-state index contributed by atoms with van der Waals surface area (Å²) in [6.07, 6.45) is -3.55. The fraction of sp³-hybridized carbons (Fsp3) is 0.438. The Hall–Kier alpha value is -2.38. The maximum Gasteiger partial charge on any atom is 0.418 e. The minimum Gasteiger partial charge on any atom is -0.311 e. The summed E-state index contributed by atoms with van der Waals surface area (Å²) >= 11 is 0. The number of carbonyl (C=O) groups is 2. The molecule has 2 aliphatic rings. The van der Waals surface area contributed by atoms with Crippen LogP contribution in [-0.4, -0.2) is 34.4 Å². The van der Waals surface area contributed by atoms with Gasteiger partial charge >= 0.3 is 12.2 Å². The van der Waals surface area contributed by atoms with Gasteiger partial charge in [-0.3, -0.25) is 4.79 Å². The number of imide groups is 1. The summed E-state index contributed by atoms with van der Waals surface area (Å²) in [5.74, 6) is -0.494. The second kappa shape index (κ2) is 5.32. The van der Waals surface area contributed by atoms with Crippen molar-refractivity contribution in [2.45, 2.75) is 38.9 Å². The lowest BCUT2D eigenvalue weighted by molar-refractivity contribution is -0.138. The molecule has 1 unspecified atom stereocenters. The molecule has 0 radical (unpaired) electrons. The standard InChI is InChI=1S/C16H16F3N3O2/c1-8-4-5-21-12(6-8)14(23)22(15(21)24)13-9(2)7-11(10(3)20-13)16(17,18)19/h7,12H,1,4-6H2,2-3H3. The summed E-state index contributed by atoms with van der Waals surface area (Å²) in [4.78, 5) is 31.4. The predicted octanol–water partition coefficient (Wildman–Crippen LogP) is 3.20. The number of halogens is 3. The highest BCUT2D eigenvalue weighted by molar-refractivity contribution is 6.21. The first kappa shape index (κ1) is 16.5. The van der Waals surface area contributed by atoms with E-state index in [1.165, 1.54) is 18.7 Å². The number of urea groups is 1. The number of nitrogens with zero attached hydrogens (tertiary/aromatic N) is 3. The van der Waals surface area contributed by atoms with Gasteiger partial charge in [0.25, 0.3) is 5.91 Å². The Morgan fingerprint density at radius 1 is 1.29 bits per heavy atom. The molecule has 0 saturated carbocycles. The van der Waals surface area contributed by atoms with Crippen LogP contribution in [0.15, 0.2) is 18.2 Å². The van der Waals surface area contributed by atoms with E-state index in [2.05, 4.69) is 11.6 Å². The van der Waals surface area contributed by atoms with Crippen molar-refractivity contribution in [2.75, 3.05) is 11.4 Å². The molecule has 24 heavy (non-hydrogen) atoms. The van der Waals surface area contributed by atoms with Gasteiger partial charge in [-0.25, -0.2) is 14.7 Å². The molecule has 0 aromatic carbocycles. The molecule has 8 heteroatoms. The van der Waals surface area contributed by atoms with Gasteiger partial charge in [0, 0.05) is 6.54 Å². The molecule has 1 aromatic heterocycles. The number of piperidine rings is 1. The number of hydrogen-bond donors (Lipinski definition) is 0. The molecule has 3 rings (SSSR count). The Labute approximate surface area is 136 Å². The van der Waals surface area contributed by atoms with Crippen molar-refractivity contribution in [1.82, 2.24) is 9.88 Å². The summed E-state index contributed by atoms with van der Waals surface area (Å²) in [5, 5.41) is 0. The molecule has 0 N–H and O–H groups in total. The average Bonchev–Trinajstić information content (AvgIpc) is 2.71. The van der Waals surface area contributed by atoms with Crippen LogP contribution in [0.5, 0.6) is 0 Å². The normalized spacial score (nSPS) is 21.5. The van der Waals surface area contributed by atoms with Gasteiger partial charge in [-0.05, 0) is 38.3 Å². The van der Waals surface area contributed by atoms with Gasteiger partial charge < -0.3 is 4.90 Å². The lowest BCUT2D eigenvalue weighted by atomic mass is 9.99. The van der Waals surface area contributed by atoms with Gasteiger partial charge in [-0.15, -0.1) is 0 Å². The van der Waals surface area contributed by atoms with E-state index in [4.69, 9.17) is 0 Å². The van der Waals surface area contributed by atoms with Gasteiger partial charge in [0.05, 0.1) is 11.3 Å². The first-order valence-corrected chi connectivity index (χ1v) is 7.48. The highest BCUT2D eigenvalue weighted by Crippen LogP contribution is 2.36. The quantitative estimate of drug-likeness (QED) is 0.583. The zero-order chi connectivity index (χ0) is 17.8. The molecule has 0 bridgehead atoms. The topological polar surface area (TPSA) is 53.5 Å². The maximum absolute atomic E-state index is 13.0. The first-order valence-electron chi connectivity index (χ1n) is 7.48. The minimum absolute atomic E-state index is 0.0319. The molecule has 0 aliphatic carbocycles. The molecule has 2 fully saturated rings. The van der Waals surface area contributed by atoms with Gasteiger partial charge in [0.15, 0.2) is 0 Å². The van der Waals surface area contributed by atoms with Crippen LogP contribution in [0.1, 0.15) is 29.7 Å². The summed E-state index contributed by atoms with van der Waals surface area (Å²) in [7, 11) is 0. The smallest absolute Gasteiger partial charge is 0.311 e. The van der Waals surface area contributed by atoms with Crippen molar-refractivity contribution in [3.8, 4) is 0 Å². The molecule has 2 saturated heterocycles. The molecular formula is C16H16F3N3O2. The number of pyridine rings is 1. The van der Waals surface area contributed by atoms with Gasteiger partial charge in [0.1, 0.15) is 11.9 Å². The second-order valence-corrected chi connectivity index (χ2v) is 6.13. The van der Waals surface area contributed by atoms with E-state index in [9.17, 15) is 22.8 Å². The number of carbonyl (C=O) groups excluding carboxylic acids is 2. The van der Waals surface area contributed by atoms with E-state index in [1.54, 1.807) is 0 Å². The van der Waals surface area contributed by atoms with Crippen molar-refractivity contribution in [3.05, 3.63) is 35.0 Å². The molecule has 1 atom stereocenters. The number of alkyl halides is 3. The summed E-state index contributed by atoms with van der Waals surface area (Å²) < 4.78 is 38.9. The van der Waals surface area contributed by atoms with Crippen LogP contribution >= 0.6 is 0 Å². The van der Waals surface area contributed by atoms with Gasteiger partial charge in [-0.1, -0.05) is 12.2 Å². The van der Waals surface area contributed by atoms with E-state index in [0.717, 1.165) is 16.5 Å². The Balaban J connectivity index is 2.03. The monoisotopic (exact) mass is 339 g/mol. The summed E-state index contributed by atoms with van der Waals surface area (Å²) in [5.41, 5.74) is -0.118. The minimum atomic E-state index is -4.53. The molecule has 2 aliphatic heterocycles. The van der Waals surface area contributed by atoms with Crippen molar-refractivity contribution < 1.29 is 22.8 Å². The van der Waals surface area contributed by atoms with E-state index in [0.29, 0.717) is 19.4 Å². The molecule has 3 heterocycles. The Bertz CT molecular complexity index is 758. The maximum atomic E-state index is 13.0. The van der Waals surface area contributed by atoms with Crippen LogP contribution in [0, 0.1) is 13.8 Å². The van der Waals surface area contributed by atoms with E-state index in [-0.39, 0.29) is 17.1 Å². The lowest BCUT2D eigenvalue weighted by Gasteiger charge is -2.27. The van der Waals surface area contributed by atoms with Crippen molar-refractivity contribution in [3.63, 3.8) is 0 Å². The number of amides is 3. The largest absolute Gasteiger partial charge is 0.418 e. The second-order valence-electron chi connectivity index (χ2n) is 6.13. The zero-order valence-electron chi connectivity index (χ0n) is 13.3. The predicted molar refractivity (Wildman–Crippen MR) is 80.5 cm³/mol. The third kappa shape index (κ3) is 2.46. The molecule has 5 nitrogen and oxygen atoms in total. The molecule has 3 amide bonds. The SMILES string of the molecule is C=C1CCN2C(=O)N(c3nc(C)c(C(F)(F)F)cc3C)C(=O)C2C1. The third-order valence-electron chi connectivity index (χ3n) is 4.40.